The molecular formula is C12H18N2O2S. The third kappa shape index (κ3) is 4.38. The van der Waals surface area contributed by atoms with E-state index in [1.165, 1.54) is 4.90 Å². The summed E-state index contributed by atoms with van der Waals surface area (Å²) in [7, 11) is 0. The van der Waals surface area contributed by atoms with Crippen molar-refractivity contribution < 1.29 is 9.90 Å². The zero-order valence-electron chi connectivity index (χ0n) is 10.0. The van der Waals surface area contributed by atoms with Crippen LogP contribution in [0.2, 0.25) is 0 Å². The molecule has 2 atom stereocenters. The molecule has 4 N–H and O–H groups in total. The Hall–Kier alpha value is -1.04. The van der Waals surface area contributed by atoms with Gasteiger partial charge in [0, 0.05) is 17.5 Å². The number of primary amides is 1. The van der Waals surface area contributed by atoms with Crippen LogP contribution in [0.3, 0.4) is 0 Å². The van der Waals surface area contributed by atoms with Gasteiger partial charge in [-0.3, -0.25) is 4.79 Å². The van der Waals surface area contributed by atoms with Gasteiger partial charge < -0.3 is 16.2 Å². The highest BCUT2D eigenvalue weighted by atomic mass is 32.2. The molecular weight excluding hydrogens is 236 g/mol. The number of amides is 1. The minimum absolute atomic E-state index is 0.0694. The Balaban J connectivity index is 2.51. The first-order chi connectivity index (χ1) is 8.04. The number of aliphatic hydroxyl groups is 1. The number of hydrogen-bond donors (Lipinski definition) is 3. The predicted molar refractivity (Wildman–Crippen MR) is 69.8 cm³/mol. The molecule has 0 aliphatic carbocycles. The largest absolute Gasteiger partial charge is 0.382 e. The van der Waals surface area contributed by atoms with E-state index in [1.54, 1.807) is 11.8 Å². The lowest BCUT2D eigenvalue weighted by atomic mass is 10.1. The molecule has 94 valence electrons. The lowest BCUT2D eigenvalue weighted by molar-refractivity contribution is -0.125. The van der Waals surface area contributed by atoms with Gasteiger partial charge in [0.05, 0.1) is 0 Å². The van der Waals surface area contributed by atoms with Crippen molar-refractivity contribution in [2.24, 2.45) is 5.73 Å². The van der Waals surface area contributed by atoms with Gasteiger partial charge in [-0.2, -0.15) is 0 Å². The molecule has 0 heterocycles. The van der Waals surface area contributed by atoms with Gasteiger partial charge in [0.15, 0.2) is 0 Å². The zero-order chi connectivity index (χ0) is 12.8. The number of nitrogens with one attached hydrogen (secondary N) is 1. The molecule has 1 rings (SSSR count). The van der Waals surface area contributed by atoms with E-state index in [-0.39, 0.29) is 12.6 Å². The normalized spacial score (nSPS) is 14.3. The number of thioether (sulfide) groups is 1. The van der Waals surface area contributed by atoms with Crippen LogP contribution in [-0.4, -0.2) is 29.9 Å². The van der Waals surface area contributed by atoms with Crippen LogP contribution in [0, 0.1) is 0 Å². The average Bonchev–Trinajstić information content (AvgIpc) is 2.35. The highest BCUT2D eigenvalue weighted by molar-refractivity contribution is 7.98. The van der Waals surface area contributed by atoms with E-state index in [0.717, 1.165) is 5.56 Å². The second-order valence-corrected chi connectivity index (χ2v) is 4.70. The SMILES string of the molecule is CSc1ccc(C(C)NCC(O)C(N)=O)cc1. The van der Waals surface area contributed by atoms with Gasteiger partial charge >= 0.3 is 0 Å². The number of hydrogen-bond acceptors (Lipinski definition) is 4. The summed E-state index contributed by atoms with van der Waals surface area (Å²) in [5.74, 6) is -0.706. The van der Waals surface area contributed by atoms with Crippen LogP contribution in [0.15, 0.2) is 29.2 Å². The molecule has 0 radical (unpaired) electrons. The van der Waals surface area contributed by atoms with Gasteiger partial charge in [0.2, 0.25) is 5.91 Å². The monoisotopic (exact) mass is 254 g/mol. The summed E-state index contributed by atoms with van der Waals surface area (Å²) in [6, 6.07) is 8.21. The van der Waals surface area contributed by atoms with E-state index in [9.17, 15) is 9.90 Å². The molecule has 0 saturated heterocycles. The standard InChI is InChI=1S/C12H18N2O2S/c1-8(14-7-11(15)12(13)16)9-3-5-10(17-2)6-4-9/h3-6,8,11,14-15H,7H2,1-2H3,(H2,13,16). The lowest BCUT2D eigenvalue weighted by Gasteiger charge is -2.16. The van der Waals surface area contributed by atoms with Crippen LogP contribution in [0.4, 0.5) is 0 Å². The van der Waals surface area contributed by atoms with Gasteiger partial charge in [-0.05, 0) is 30.9 Å². The maximum atomic E-state index is 10.7. The highest BCUT2D eigenvalue weighted by Crippen LogP contribution is 2.18. The third-order valence-corrected chi connectivity index (χ3v) is 3.31. The third-order valence-electron chi connectivity index (χ3n) is 2.56. The molecule has 0 fully saturated rings. The van der Waals surface area contributed by atoms with Crippen molar-refractivity contribution in [1.82, 2.24) is 5.32 Å². The van der Waals surface area contributed by atoms with E-state index in [0.29, 0.717) is 0 Å². The number of aliphatic hydroxyl groups excluding tert-OH is 1. The van der Waals surface area contributed by atoms with Gasteiger partial charge in [0.25, 0.3) is 0 Å². The molecule has 5 heteroatoms. The summed E-state index contributed by atoms with van der Waals surface area (Å²) in [5, 5.41) is 12.3. The molecule has 1 aromatic rings. The summed E-state index contributed by atoms with van der Waals surface area (Å²) in [6.07, 6.45) is 0.891. The summed E-state index contributed by atoms with van der Waals surface area (Å²) < 4.78 is 0. The Labute approximate surface area is 106 Å². The van der Waals surface area contributed by atoms with Crippen LogP contribution < -0.4 is 11.1 Å². The first-order valence-electron chi connectivity index (χ1n) is 5.39. The van der Waals surface area contributed by atoms with Crippen LogP contribution >= 0.6 is 11.8 Å². The van der Waals surface area contributed by atoms with Crippen LogP contribution in [0.1, 0.15) is 18.5 Å². The molecule has 2 unspecified atom stereocenters. The number of carbonyl (C=O) groups is 1. The Kier molecular flexibility index (Phi) is 5.47. The quantitative estimate of drug-likeness (QED) is 0.659. The van der Waals surface area contributed by atoms with Crippen LogP contribution in [-0.2, 0) is 4.79 Å². The van der Waals surface area contributed by atoms with Crippen LogP contribution in [0.5, 0.6) is 0 Å². The molecule has 1 aromatic carbocycles. The number of nitrogens with two attached hydrogens (primary N) is 1. The molecule has 0 aliphatic heterocycles. The molecule has 0 aliphatic rings. The topological polar surface area (TPSA) is 75.3 Å². The maximum absolute atomic E-state index is 10.7. The lowest BCUT2D eigenvalue weighted by Crippen LogP contribution is -2.38. The smallest absolute Gasteiger partial charge is 0.247 e. The molecule has 4 nitrogen and oxygen atoms in total. The Morgan fingerprint density at radius 3 is 2.53 bits per heavy atom. The summed E-state index contributed by atoms with van der Waals surface area (Å²) in [6.45, 7) is 2.14. The van der Waals surface area contributed by atoms with Crippen LogP contribution in [0.25, 0.3) is 0 Å². The number of carbonyl (C=O) groups excluding carboxylic acids is 1. The minimum atomic E-state index is -1.14. The van der Waals surface area contributed by atoms with Crippen molar-refractivity contribution >= 4 is 17.7 Å². The van der Waals surface area contributed by atoms with Gasteiger partial charge in [-0.1, -0.05) is 12.1 Å². The molecule has 17 heavy (non-hydrogen) atoms. The van der Waals surface area contributed by atoms with E-state index in [4.69, 9.17) is 5.73 Å². The van der Waals surface area contributed by atoms with Gasteiger partial charge in [0.1, 0.15) is 6.10 Å². The maximum Gasteiger partial charge on any atom is 0.247 e. The highest BCUT2D eigenvalue weighted by Gasteiger charge is 2.12. The molecule has 0 saturated carbocycles. The van der Waals surface area contributed by atoms with Crippen molar-refractivity contribution in [3.8, 4) is 0 Å². The van der Waals surface area contributed by atoms with Crippen molar-refractivity contribution in [2.45, 2.75) is 24.0 Å². The first-order valence-corrected chi connectivity index (χ1v) is 6.61. The zero-order valence-corrected chi connectivity index (χ0v) is 10.8. The van der Waals surface area contributed by atoms with Crippen molar-refractivity contribution in [3.63, 3.8) is 0 Å². The second kappa shape index (κ2) is 6.64. The van der Waals surface area contributed by atoms with E-state index >= 15 is 0 Å². The first kappa shape index (κ1) is 14.0. The summed E-state index contributed by atoms with van der Waals surface area (Å²) in [4.78, 5) is 11.9. The Bertz CT molecular complexity index is 367. The van der Waals surface area contributed by atoms with E-state index in [1.807, 2.05) is 37.4 Å². The van der Waals surface area contributed by atoms with E-state index < -0.39 is 12.0 Å². The fraction of sp³-hybridized carbons (Fsp3) is 0.417. The fourth-order valence-corrected chi connectivity index (χ4v) is 1.81. The number of benzene rings is 1. The molecule has 1 amide bonds. The molecule has 0 bridgehead atoms. The van der Waals surface area contributed by atoms with Crippen molar-refractivity contribution in [2.75, 3.05) is 12.8 Å². The molecule has 0 spiro atoms. The molecule has 0 aromatic heterocycles. The Morgan fingerprint density at radius 1 is 1.47 bits per heavy atom. The predicted octanol–water partition coefficient (Wildman–Crippen LogP) is 0.905. The van der Waals surface area contributed by atoms with Gasteiger partial charge in [-0.25, -0.2) is 0 Å². The van der Waals surface area contributed by atoms with Crippen molar-refractivity contribution in [3.05, 3.63) is 29.8 Å². The van der Waals surface area contributed by atoms with Crippen molar-refractivity contribution in [1.29, 1.82) is 0 Å². The summed E-state index contributed by atoms with van der Waals surface area (Å²) in [5.41, 5.74) is 6.08. The average molecular weight is 254 g/mol. The van der Waals surface area contributed by atoms with Gasteiger partial charge in [-0.15, -0.1) is 11.8 Å². The summed E-state index contributed by atoms with van der Waals surface area (Å²) >= 11 is 1.69. The number of rotatable bonds is 6. The Morgan fingerprint density at radius 2 is 2.06 bits per heavy atom. The van der Waals surface area contributed by atoms with E-state index in [2.05, 4.69) is 5.32 Å². The minimum Gasteiger partial charge on any atom is -0.382 e. The fourth-order valence-electron chi connectivity index (χ4n) is 1.40. The second-order valence-electron chi connectivity index (χ2n) is 3.82.